The highest BCUT2D eigenvalue weighted by molar-refractivity contribution is 7.98. The fourth-order valence-electron chi connectivity index (χ4n) is 2.26. The number of benzene rings is 1. The van der Waals surface area contributed by atoms with Gasteiger partial charge in [0, 0.05) is 17.9 Å². The van der Waals surface area contributed by atoms with Gasteiger partial charge in [-0.25, -0.2) is 5.43 Å². The predicted octanol–water partition coefficient (Wildman–Crippen LogP) is 2.29. The van der Waals surface area contributed by atoms with Crippen molar-refractivity contribution in [3.63, 3.8) is 0 Å². The van der Waals surface area contributed by atoms with Crippen molar-refractivity contribution in [2.45, 2.75) is 33.6 Å². The largest absolute Gasteiger partial charge is 0.306 e. The first-order chi connectivity index (χ1) is 10.0. The molecule has 21 heavy (non-hydrogen) atoms. The van der Waals surface area contributed by atoms with Gasteiger partial charge in [-0.05, 0) is 37.1 Å². The van der Waals surface area contributed by atoms with Crippen LogP contribution in [0.2, 0.25) is 0 Å². The minimum atomic E-state index is -0.593. The van der Waals surface area contributed by atoms with Gasteiger partial charge in [-0.15, -0.1) is 0 Å². The number of carbonyl (C=O) groups excluding carboxylic acids is 2. The maximum atomic E-state index is 12.4. The quantitative estimate of drug-likeness (QED) is 0.335. The average molecular weight is 308 g/mol. The molecule has 0 heterocycles. The van der Waals surface area contributed by atoms with E-state index in [9.17, 15) is 9.59 Å². The molecule has 0 unspecified atom stereocenters. The molecule has 0 saturated carbocycles. The van der Waals surface area contributed by atoms with Gasteiger partial charge in [-0.2, -0.15) is 11.8 Å². The van der Waals surface area contributed by atoms with Crippen LogP contribution in [-0.4, -0.2) is 30.2 Å². The minimum Gasteiger partial charge on any atom is -0.285 e. The smallest absolute Gasteiger partial charge is 0.285 e. The molecule has 0 bridgehead atoms. The monoisotopic (exact) mass is 308 g/mol. The molecule has 5 heteroatoms. The molecule has 1 amide bonds. The maximum absolute atomic E-state index is 12.4. The van der Waals surface area contributed by atoms with E-state index in [2.05, 4.69) is 10.9 Å². The lowest BCUT2D eigenvalue weighted by Crippen LogP contribution is -2.43. The van der Waals surface area contributed by atoms with Crippen LogP contribution in [0.3, 0.4) is 0 Å². The minimum absolute atomic E-state index is 0.458. The second-order valence-corrected chi connectivity index (χ2v) is 5.85. The molecule has 116 valence electrons. The van der Waals surface area contributed by atoms with Crippen molar-refractivity contribution in [1.29, 1.82) is 0 Å². The second kappa shape index (κ2) is 8.85. The van der Waals surface area contributed by atoms with Gasteiger partial charge >= 0.3 is 5.91 Å². The summed E-state index contributed by atoms with van der Waals surface area (Å²) < 4.78 is 0. The Balaban J connectivity index is 2.93. The molecule has 2 N–H and O–H groups in total. The van der Waals surface area contributed by atoms with Crippen LogP contribution < -0.4 is 10.9 Å². The molecule has 1 aromatic rings. The summed E-state index contributed by atoms with van der Waals surface area (Å²) in [7, 11) is 0. The van der Waals surface area contributed by atoms with Gasteiger partial charge < -0.3 is 0 Å². The van der Waals surface area contributed by atoms with Gasteiger partial charge in [0.25, 0.3) is 5.78 Å². The van der Waals surface area contributed by atoms with Gasteiger partial charge in [0.1, 0.15) is 0 Å². The summed E-state index contributed by atoms with van der Waals surface area (Å²) in [6.45, 7) is 6.64. The lowest BCUT2D eigenvalue weighted by molar-refractivity contribution is -0.117. The number of amides is 1. The summed E-state index contributed by atoms with van der Waals surface area (Å²) in [6, 6.07) is 3.97. The van der Waals surface area contributed by atoms with Crippen molar-refractivity contribution in [3.8, 4) is 0 Å². The van der Waals surface area contributed by atoms with Crippen molar-refractivity contribution < 1.29 is 9.59 Å². The molecular formula is C16H24N2O2S. The number of hydrazine groups is 1. The number of ketones is 1. The Morgan fingerprint density at radius 2 is 1.71 bits per heavy atom. The number of carbonyl (C=O) groups is 2. The number of Topliss-reactive ketones (excluding diaryl/α,β-unsaturated/α-hetero) is 1. The van der Waals surface area contributed by atoms with E-state index in [1.807, 2.05) is 39.2 Å². The van der Waals surface area contributed by atoms with Crippen molar-refractivity contribution >= 4 is 23.5 Å². The molecule has 1 aromatic carbocycles. The number of aryl methyl sites for hydroxylation is 3. The van der Waals surface area contributed by atoms with E-state index < -0.39 is 11.7 Å². The van der Waals surface area contributed by atoms with E-state index in [4.69, 9.17) is 0 Å². The van der Waals surface area contributed by atoms with Crippen molar-refractivity contribution in [1.82, 2.24) is 10.9 Å². The van der Waals surface area contributed by atoms with E-state index in [0.717, 1.165) is 35.3 Å². The Morgan fingerprint density at radius 3 is 2.19 bits per heavy atom. The Bertz CT molecular complexity index is 490. The first kappa shape index (κ1) is 17.7. The number of nitrogens with one attached hydrogen (secondary N) is 2. The van der Waals surface area contributed by atoms with E-state index in [0.29, 0.717) is 12.1 Å². The normalized spacial score (nSPS) is 10.5. The molecule has 0 fully saturated rings. The highest BCUT2D eigenvalue weighted by Gasteiger charge is 2.22. The average Bonchev–Trinajstić information content (AvgIpc) is 2.49. The molecule has 0 saturated heterocycles. The highest BCUT2D eigenvalue weighted by atomic mass is 32.2. The van der Waals surface area contributed by atoms with Gasteiger partial charge in [0.05, 0.1) is 0 Å². The second-order valence-electron chi connectivity index (χ2n) is 4.87. The molecule has 0 aliphatic rings. The zero-order chi connectivity index (χ0) is 15.8. The SMILES string of the molecule is CCc1cc(C)cc(CC)c1C(=O)C(=O)NNCCSC. The van der Waals surface area contributed by atoms with Gasteiger partial charge in [0.2, 0.25) is 0 Å². The third-order valence-corrected chi connectivity index (χ3v) is 3.89. The summed E-state index contributed by atoms with van der Waals surface area (Å²) >= 11 is 1.67. The van der Waals surface area contributed by atoms with Crippen LogP contribution in [0.25, 0.3) is 0 Å². The Labute approximate surface area is 131 Å². The van der Waals surface area contributed by atoms with E-state index in [-0.39, 0.29) is 0 Å². The number of rotatable bonds is 8. The first-order valence-corrected chi connectivity index (χ1v) is 8.63. The molecule has 4 nitrogen and oxygen atoms in total. The van der Waals surface area contributed by atoms with Crippen LogP contribution in [0.1, 0.15) is 40.9 Å². The fourth-order valence-corrected chi connectivity index (χ4v) is 2.56. The Morgan fingerprint density at radius 1 is 1.14 bits per heavy atom. The molecule has 0 aliphatic heterocycles. The number of hydrogen-bond donors (Lipinski definition) is 2. The zero-order valence-electron chi connectivity index (χ0n) is 13.2. The summed E-state index contributed by atoms with van der Waals surface area (Å²) in [5, 5.41) is 0. The molecule has 0 spiro atoms. The molecular weight excluding hydrogens is 284 g/mol. The zero-order valence-corrected chi connectivity index (χ0v) is 14.0. The lowest BCUT2D eigenvalue weighted by atomic mass is 9.92. The van der Waals surface area contributed by atoms with E-state index in [1.54, 1.807) is 11.8 Å². The third kappa shape index (κ3) is 4.86. The topological polar surface area (TPSA) is 58.2 Å². The maximum Gasteiger partial charge on any atom is 0.306 e. The molecule has 1 rings (SSSR count). The van der Waals surface area contributed by atoms with Crippen molar-refractivity contribution in [3.05, 3.63) is 34.4 Å². The summed E-state index contributed by atoms with van der Waals surface area (Å²) in [5.74, 6) is -0.177. The standard InChI is InChI=1S/C16H24N2O2S/c1-5-12-9-11(3)10-13(6-2)14(12)15(19)16(20)18-17-7-8-21-4/h9-10,17H,5-8H2,1-4H3,(H,18,20). The summed E-state index contributed by atoms with van der Waals surface area (Å²) in [6.07, 6.45) is 3.47. The number of thioether (sulfide) groups is 1. The van der Waals surface area contributed by atoms with Crippen LogP contribution in [0.5, 0.6) is 0 Å². The van der Waals surface area contributed by atoms with Crippen LogP contribution >= 0.6 is 11.8 Å². The van der Waals surface area contributed by atoms with Crippen molar-refractivity contribution in [2.24, 2.45) is 0 Å². The first-order valence-electron chi connectivity index (χ1n) is 7.23. The molecule has 0 aromatic heterocycles. The van der Waals surface area contributed by atoms with Gasteiger partial charge in [-0.1, -0.05) is 31.5 Å². The van der Waals surface area contributed by atoms with Crippen LogP contribution in [0, 0.1) is 6.92 Å². The van der Waals surface area contributed by atoms with Gasteiger partial charge in [0.15, 0.2) is 0 Å². The Hall–Kier alpha value is -1.33. The lowest BCUT2D eigenvalue weighted by Gasteiger charge is -2.14. The molecule has 0 aliphatic carbocycles. The molecule has 0 radical (unpaired) electrons. The third-order valence-electron chi connectivity index (χ3n) is 3.27. The fraction of sp³-hybridized carbons (Fsp3) is 0.500. The van der Waals surface area contributed by atoms with E-state index >= 15 is 0 Å². The summed E-state index contributed by atoms with van der Waals surface area (Å²) in [5.41, 5.74) is 8.83. The number of hydrogen-bond acceptors (Lipinski definition) is 4. The van der Waals surface area contributed by atoms with Crippen LogP contribution in [0.15, 0.2) is 12.1 Å². The summed E-state index contributed by atoms with van der Waals surface area (Å²) in [4.78, 5) is 24.4. The van der Waals surface area contributed by atoms with Crippen LogP contribution in [-0.2, 0) is 17.6 Å². The van der Waals surface area contributed by atoms with Gasteiger partial charge in [-0.3, -0.25) is 15.0 Å². The Kier molecular flexibility index (Phi) is 7.47. The van der Waals surface area contributed by atoms with Crippen molar-refractivity contribution in [2.75, 3.05) is 18.6 Å². The predicted molar refractivity (Wildman–Crippen MR) is 88.8 cm³/mol. The highest BCUT2D eigenvalue weighted by Crippen LogP contribution is 2.20. The van der Waals surface area contributed by atoms with E-state index in [1.165, 1.54) is 0 Å². The van der Waals surface area contributed by atoms with Crippen LogP contribution in [0.4, 0.5) is 0 Å². The molecule has 0 atom stereocenters.